The topological polar surface area (TPSA) is 55.2 Å². The number of fused-ring (bicyclic) bond motifs is 1. The van der Waals surface area contributed by atoms with Gasteiger partial charge in [-0.15, -0.1) is 0 Å². The third-order valence-corrected chi connectivity index (χ3v) is 4.41. The molecule has 0 fully saturated rings. The Morgan fingerprint density at radius 2 is 1.58 bits per heavy atom. The first-order valence-electron chi connectivity index (χ1n) is 8.42. The Morgan fingerprint density at radius 1 is 0.808 bits per heavy atom. The lowest BCUT2D eigenvalue weighted by atomic mass is 10.1. The predicted molar refractivity (Wildman–Crippen MR) is 103 cm³/mol. The molecule has 0 atom stereocenters. The van der Waals surface area contributed by atoms with Crippen LogP contribution in [0, 0.1) is 13.8 Å². The second-order valence-corrected chi connectivity index (χ2v) is 6.23. The van der Waals surface area contributed by atoms with Gasteiger partial charge >= 0.3 is 0 Å². The molecule has 0 bridgehead atoms. The van der Waals surface area contributed by atoms with Gasteiger partial charge in [-0.1, -0.05) is 30.3 Å². The highest BCUT2D eigenvalue weighted by Crippen LogP contribution is 2.33. The van der Waals surface area contributed by atoms with Gasteiger partial charge in [0.2, 0.25) is 5.88 Å². The van der Waals surface area contributed by atoms with E-state index in [1.54, 1.807) is 18.2 Å². The van der Waals surface area contributed by atoms with Gasteiger partial charge in [0, 0.05) is 0 Å². The van der Waals surface area contributed by atoms with Crippen molar-refractivity contribution in [3.05, 3.63) is 77.9 Å². The minimum atomic E-state index is 0.139. The molecule has 0 amide bonds. The number of phenolic OH excluding ortho intramolecular Hbond substituents is 1. The van der Waals surface area contributed by atoms with Crippen molar-refractivity contribution in [3.63, 3.8) is 0 Å². The van der Waals surface area contributed by atoms with Crippen LogP contribution >= 0.6 is 0 Å². The molecule has 3 aromatic carbocycles. The lowest BCUT2D eigenvalue weighted by molar-refractivity contribution is 0.466. The number of phenols is 1. The van der Waals surface area contributed by atoms with E-state index >= 15 is 0 Å². The third kappa shape index (κ3) is 2.97. The van der Waals surface area contributed by atoms with Crippen LogP contribution in [0.5, 0.6) is 17.4 Å². The summed E-state index contributed by atoms with van der Waals surface area (Å²) in [5.41, 5.74) is 3.70. The highest BCUT2D eigenvalue weighted by Gasteiger charge is 2.13. The predicted octanol–water partition coefficient (Wildman–Crippen LogP) is 5.41. The van der Waals surface area contributed by atoms with Crippen molar-refractivity contribution >= 4 is 10.9 Å². The summed E-state index contributed by atoms with van der Waals surface area (Å²) in [4.78, 5) is 9.18. The zero-order valence-electron chi connectivity index (χ0n) is 14.6. The molecule has 0 aliphatic carbocycles. The molecule has 0 unspecified atom stereocenters. The molecule has 1 heterocycles. The van der Waals surface area contributed by atoms with Crippen molar-refractivity contribution in [1.29, 1.82) is 0 Å². The summed E-state index contributed by atoms with van der Waals surface area (Å²) < 4.78 is 6.10. The van der Waals surface area contributed by atoms with Gasteiger partial charge < -0.3 is 9.84 Å². The number of hydrogen-bond donors (Lipinski definition) is 1. The van der Waals surface area contributed by atoms with Crippen molar-refractivity contribution in [2.24, 2.45) is 0 Å². The van der Waals surface area contributed by atoms with Crippen LogP contribution < -0.4 is 4.74 Å². The molecule has 4 nitrogen and oxygen atoms in total. The normalized spacial score (nSPS) is 10.8. The van der Waals surface area contributed by atoms with Crippen LogP contribution in [0.3, 0.4) is 0 Å². The van der Waals surface area contributed by atoms with Crippen LogP contribution in [0.4, 0.5) is 0 Å². The number of para-hydroxylation sites is 2. The third-order valence-electron chi connectivity index (χ3n) is 4.41. The van der Waals surface area contributed by atoms with Crippen molar-refractivity contribution in [3.8, 4) is 28.8 Å². The molecule has 1 aromatic heterocycles. The smallest absolute Gasteiger partial charge is 0.230 e. The molecule has 0 spiro atoms. The average Bonchev–Trinajstić information content (AvgIpc) is 2.65. The monoisotopic (exact) mass is 342 g/mol. The Kier molecular flexibility index (Phi) is 4.01. The summed E-state index contributed by atoms with van der Waals surface area (Å²) in [7, 11) is 0. The molecule has 0 radical (unpaired) electrons. The Bertz CT molecular complexity index is 1110. The molecule has 4 heteroatoms. The SMILES string of the molecule is Cc1ccc(Oc2nc(-c3ccccc3O)nc3ccccc23)cc1C. The fraction of sp³-hybridized carbons (Fsp3) is 0.0909. The number of rotatable bonds is 3. The first kappa shape index (κ1) is 16.1. The first-order valence-corrected chi connectivity index (χ1v) is 8.42. The maximum Gasteiger partial charge on any atom is 0.230 e. The van der Waals surface area contributed by atoms with E-state index < -0.39 is 0 Å². The fourth-order valence-electron chi connectivity index (χ4n) is 2.80. The van der Waals surface area contributed by atoms with Gasteiger partial charge in [0.1, 0.15) is 11.5 Å². The van der Waals surface area contributed by atoms with E-state index in [4.69, 9.17) is 4.74 Å². The molecule has 0 aliphatic rings. The molecule has 4 rings (SSSR count). The standard InChI is InChI=1S/C22H18N2O2/c1-14-11-12-16(13-15(14)2)26-22-17-7-3-5-9-19(17)23-21(24-22)18-8-4-6-10-20(18)25/h3-13,25H,1-2H3. The Balaban J connectivity index is 1.87. The van der Waals surface area contributed by atoms with Gasteiger partial charge in [-0.25, -0.2) is 4.98 Å². The maximum atomic E-state index is 10.2. The van der Waals surface area contributed by atoms with E-state index in [0.717, 1.165) is 22.2 Å². The number of aromatic hydroxyl groups is 1. The van der Waals surface area contributed by atoms with E-state index in [-0.39, 0.29) is 5.75 Å². The van der Waals surface area contributed by atoms with Crippen molar-refractivity contribution < 1.29 is 9.84 Å². The van der Waals surface area contributed by atoms with Crippen molar-refractivity contribution in [2.75, 3.05) is 0 Å². The summed E-state index contributed by atoms with van der Waals surface area (Å²) in [6, 6.07) is 20.7. The summed E-state index contributed by atoms with van der Waals surface area (Å²) in [5, 5.41) is 11.0. The highest BCUT2D eigenvalue weighted by atomic mass is 16.5. The van der Waals surface area contributed by atoms with Crippen LogP contribution in [-0.4, -0.2) is 15.1 Å². The number of ether oxygens (including phenoxy) is 1. The van der Waals surface area contributed by atoms with Crippen LogP contribution in [0.1, 0.15) is 11.1 Å². The second kappa shape index (κ2) is 6.48. The molecule has 0 saturated carbocycles. The molecular formula is C22H18N2O2. The van der Waals surface area contributed by atoms with E-state index in [1.807, 2.05) is 55.5 Å². The molecular weight excluding hydrogens is 324 g/mol. The van der Waals surface area contributed by atoms with E-state index in [1.165, 1.54) is 5.56 Å². The molecule has 1 N–H and O–H groups in total. The Morgan fingerprint density at radius 3 is 2.38 bits per heavy atom. The molecule has 4 aromatic rings. The molecule has 26 heavy (non-hydrogen) atoms. The highest BCUT2D eigenvalue weighted by molar-refractivity contribution is 5.85. The van der Waals surface area contributed by atoms with Gasteiger partial charge in [-0.2, -0.15) is 4.98 Å². The van der Waals surface area contributed by atoms with Gasteiger partial charge in [-0.3, -0.25) is 0 Å². The zero-order chi connectivity index (χ0) is 18.1. The van der Waals surface area contributed by atoms with Crippen molar-refractivity contribution in [1.82, 2.24) is 9.97 Å². The van der Waals surface area contributed by atoms with Crippen molar-refractivity contribution in [2.45, 2.75) is 13.8 Å². The number of hydrogen-bond acceptors (Lipinski definition) is 4. The number of benzene rings is 3. The van der Waals surface area contributed by atoms with E-state index in [2.05, 4.69) is 16.9 Å². The number of aryl methyl sites for hydroxylation is 2. The minimum Gasteiger partial charge on any atom is -0.507 e. The Labute approximate surface area is 151 Å². The summed E-state index contributed by atoms with van der Waals surface area (Å²) >= 11 is 0. The average molecular weight is 342 g/mol. The molecule has 0 saturated heterocycles. The quantitative estimate of drug-likeness (QED) is 0.541. The zero-order valence-corrected chi connectivity index (χ0v) is 14.6. The summed E-state index contributed by atoms with van der Waals surface area (Å²) in [6.07, 6.45) is 0. The summed E-state index contributed by atoms with van der Waals surface area (Å²) in [6.45, 7) is 4.11. The lowest BCUT2D eigenvalue weighted by Crippen LogP contribution is -1.96. The van der Waals surface area contributed by atoms with Gasteiger partial charge in [0.15, 0.2) is 5.82 Å². The van der Waals surface area contributed by atoms with E-state index in [0.29, 0.717) is 17.3 Å². The van der Waals surface area contributed by atoms with Gasteiger partial charge in [0.05, 0.1) is 16.5 Å². The van der Waals surface area contributed by atoms with Crippen LogP contribution in [0.15, 0.2) is 66.7 Å². The number of nitrogens with zero attached hydrogens (tertiary/aromatic N) is 2. The second-order valence-electron chi connectivity index (χ2n) is 6.23. The van der Waals surface area contributed by atoms with Gasteiger partial charge in [0.25, 0.3) is 0 Å². The first-order chi connectivity index (χ1) is 12.6. The minimum absolute atomic E-state index is 0.139. The van der Waals surface area contributed by atoms with Crippen LogP contribution in [0.25, 0.3) is 22.3 Å². The van der Waals surface area contributed by atoms with E-state index in [9.17, 15) is 5.11 Å². The number of aromatic nitrogens is 2. The van der Waals surface area contributed by atoms with Crippen LogP contribution in [-0.2, 0) is 0 Å². The maximum absolute atomic E-state index is 10.2. The van der Waals surface area contributed by atoms with Crippen LogP contribution in [0.2, 0.25) is 0 Å². The van der Waals surface area contributed by atoms with Gasteiger partial charge in [-0.05, 0) is 61.4 Å². The Hall–Kier alpha value is -3.40. The summed E-state index contributed by atoms with van der Waals surface area (Å²) in [5.74, 6) is 1.76. The fourth-order valence-corrected chi connectivity index (χ4v) is 2.80. The lowest BCUT2D eigenvalue weighted by Gasteiger charge is -2.11. The molecule has 0 aliphatic heterocycles. The molecule has 128 valence electrons. The largest absolute Gasteiger partial charge is 0.507 e.